The summed E-state index contributed by atoms with van der Waals surface area (Å²) >= 11 is 0. The summed E-state index contributed by atoms with van der Waals surface area (Å²) in [6.07, 6.45) is 17.9. The van der Waals surface area contributed by atoms with Crippen LogP contribution in [-0.4, -0.2) is 26.3 Å². The molecule has 0 aliphatic rings. The van der Waals surface area contributed by atoms with Gasteiger partial charge in [0.15, 0.2) is 0 Å². The van der Waals surface area contributed by atoms with E-state index in [2.05, 4.69) is 19.2 Å². The summed E-state index contributed by atoms with van der Waals surface area (Å²) in [5.41, 5.74) is 0. The third-order valence-electron chi connectivity index (χ3n) is 4.24. The minimum absolute atomic E-state index is 0.713. The van der Waals surface area contributed by atoms with Gasteiger partial charge in [-0.15, -0.1) is 0 Å². The molecule has 21 heavy (non-hydrogen) atoms. The Morgan fingerprint density at radius 2 is 1.29 bits per heavy atom. The summed E-state index contributed by atoms with van der Waals surface area (Å²) in [5, 5.41) is 3.70. The zero-order chi connectivity index (χ0) is 15.6. The largest absolute Gasteiger partial charge is 0.385 e. The van der Waals surface area contributed by atoms with Crippen molar-refractivity contribution in [1.29, 1.82) is 0 Å². The second kappa shape index (κ2) is 18.0. The predicted octanol–water partition coefficient (Wildman–Crippen LogP) is 5.70. The summed E-state index contributed by atoms with van der Waals surface area (Å²) in [4.78, 5) is 0. The molecule has 1 atom stereocenters. The van der Waals surface area contributed by atoms with Crippen LogP contribution in [-0.2, 0) is 4.74 Å². The average Bonchev–Trinajstić information content (AvgIpc) is 2.50. The first-order valence-corrected chi connectivity index (χ1v) is 9.57. The first-order chi connectivity index (χ1) is 10.3. The summed E-state index contributed by atoms with van der Waals surface area (Å²) < 4.78 is 5.17. The van der Waals surface area contributed by atoms with E-state index in [1.165, 1.54) is 83.5 Å². The van der Waals surface area contributed by atoms with Crippen LogP contribution < -0.4 is 5.32 Å². The number of hydrogen-bond donors (Lipinski definition) is 1. The third kappa shape index (κ3) is 16.1. The first kappa shape index (κ1) is 20.9. The number of rotatable bonds is 17. The maximum Gasteiger partial charge on any atom is 0.0462 e. The van der Waals surface area contributed by atoms with Crippen LogP contribution in [0.5, 0.6) is 0 Å². The molecular formula is C19H41NO. The molecule has 0 aliphatic heterocycles. The van der Waals surface area contributed by atoms with Crippen molar-refractivity contribution in [3.8, 4) is 0 Å². The van der Waals surface area contributed by atoms with E-state index in [4.69, 9.17) is 4.74 Å². The average molecular weight is 300 g/mol. The molecule has 0 aliphatic carbocycles. The number of methoxy groups -OCH3 is 1. The zero-order valence-electron chi connectivity index (χ0n) is 15.1. The highest BCUT2D eigenvalue weighted by atomic mass is 16.5. The monoisotopic (exact) mass is 299 g/mol. The molecule has 1 N–H and O–H groups in total. The van der Waals surface area contributed by atoms with Crippen molar-refractivity contribution >= 4 is 0 Å². The molecule has 128 valence electrons. The van der Waals surface area contributed by atoms with Crippen molar-refractivity contribution in [2.24, 2.45) is 0 Å². The van der Waals surface area contributed by atoms with Crippen LogP contribution in [0.15, 0.2) is 0 Å². The van der Waals surface area contributed by atoms with Gasteiger partial charge in [0, 0.05) is 19.8 Å². The summed E-state index contributed by atoms with van der Waals surface area (Å²) in [5.74, 6) is 0. The van der Waals surface area contributed by atoms with E-state index in [0.29, 0.717) is 6.04 Å². The van der Waals surface area contributed by atoms with E-state index in [-0.39, 0.29) is 0 Å². The molecule has 0 radical (unpaired) electrons. The Bertz CT molecular complexity index is 184. The van der Waals surface area contributed by atoms with Crippen molar-refractivity contribution in [2.45, 2.75) is 103 Å². The third-order valence-corrected chi connectivity index (χ3v) is 4.24. The van der Waals surface area contributed by atoms with Gasteiger partial charge in [0.05, 0.1) is 0 Å². The maximum atomic E-state index is 5.17. The van der Waals surface area contributed by atoms with Crippen molar-refractivity contribution in [1.82, 2.24) is 5.32 Å². The lowest BCUT2D eigenvalue weighted by Crippen LogP contribution is -2.30. The lowest BCUT2D eigenvalue weighted by Gasteiger charge is -2.18. The second-order valence-corrected chi connectivity index (χ2v) is 6.40. The zero-order valence-corrected chi connectivity index (χ0v) is 15.1. The lowest BCUT2D eigenvalue weighted by molar-refractivity contribution is 0.187. The fourth-order valence-corrected chi connectivity index (χ4v) is 2.87. The van der Waals surface area contributed by atoms with Gasteiger partial charge in [-0.2, -0.15) is 0 Å². The molecule has 0 saturated carbocycles. The van der Waals surface area contributed by atoms with Crippen LogP contribution in [0.4, 0.5) is 0 Å². The lowest BCUT2D eigenvalue weighted by atomic mass is 10.0. The smallest absolute Gasteiger partial charge is 0.0462 e. The van der Waals surface area contributed by atoms with Crippen LogP contribution in [0, 0.1) is 0 Å². The van der Waals surface area contributed by atoms with Crippen LogP contribution >= 0.6 is 0 Å². The van der Waals surface area contributed by atoms with E-state index in [1.54, 1.807) is 7.11 Å². The van der Waals surface area contributed by atoms with Gasteiger partial charge in [0.25, 0.3) is 0 Å². The topological polar surface area (TPSA) is 21.3 Å². The molecule has 0 spiro atoms. The summed E-state index contributed by atoms with van der Waals surface area (Å²) in [7, 11) is 1.80. The SMILES string of the molecule is CCCCCCCCCCCC(CCCOC)NCCC. The standard InChI is InChI=1S/C19H41NO/c1-4-6-7-8-9-10-11-12-13-15-19(20-17-5-2)16-14-18-21-3/h19-20H,4-18H2,1-3H3. The molecule has 0 aromatic rings. The number of ether oxygens (including phenoxy) is 1. The molecule has 1 unspecified atom stereocenters. The predicted molar refractivity (Wildman–Crippen MR) is 95.0 cm³/mol. The van der Waals surface area contributed by atoms with E-state index < -0.39 is 0 Å². The Kier molecular flexibility index (Phi) is 17.9. The van der Waals surface area contributed by atoms with Gasteiger partial charge in [-0.05, 0) is 32.2 Å². The normalized spacial score (nSPS) is 12.7. The number of hydrogen-bond acceptors (Lipinski definition) is 2. The van der Waals surface area contributed by atoms with Gasteiger partial charge in [0.1, 0.15) is 0 Å². The second-order valence-electron chi connectivity index (χ2n) is 6.40. The van der Waals surface area contributed by atoms with Crippen molar-refractivity contribution < 1.29 is 4.74 Å². The van der Waals surface area contributed by atoms with Crippen LogP contribution in [0.3, 0.4) is 0 Å². The highest BCUT2D eigenvalue weighted by Gasteiger charge is 2.06. The maximum absolute atomic E-state index is 5.17. The fraction of sp³-hybridized carbons (Fsp3) is 1.00. The molecule has 0 saturated heterocycles. The fourth-order valence-electron chi connectivity index (χ4n) is 2.87. The van der Waals surface area contributed by atoms with E-state index >= 15 is 0 Å². The van der Waals surface area contributed by atoms with Gasteiger partial charge in [-0.25, -0.2) is 0 Å². The molecule has 2 heteroatoms. The minimum Gasteiger partial charge on any atom is -0.385 e. The van der Waals surface area contributed by atoms with Gasteiger partial charge in [0.2, 0.25) is 0 Å². The van der Waals surface area contributed by atoms with Crippen molar-refractivity contribution in [3.05, 3.63) is 0 Å². The number of unbranched alkanes of at least 4 members (excludes halogenated alkanes) is 8. The van der Waals surface area contributed by atoms with Crippen LogP contribution in [0.2, 0.25) is 0 Å². The van der Waals surface area contributed by atoms with Gasteiger partial charge in [-0.3, -0.25) is 0 Å². The van der Waals surface area contributed by atoms with E-state index in [0.717, 1.165) is 13.2 Å². The molecule has 0 bridgehead atoms. The molecular weight excluding hydrogens is 258 g/mol. The molecule has 0 fully saturated rings. The van der Waals surface area contributed by atoms with Crippen molar-refractivity contribution in [2.75, 3.05) is 20.3 Å². The Hall–Kier alpha value is -0.0800. The van der Waals surface area contributed by atoms with Gasteiger partial charge in [-0.1, -0.05) is 71.6 Å². The van der Waals surface area contributed by atoms with E-state index in [9.17, 15) is 0 Å². The molecule has 0 aromatic heterocycles. The molecule has 2 nitrogen and oxygen atoms in total. The quantitative estimate of drug-likeness (QED) is 0.348. The molecule has 0 aromatic carbocycles. The summed E-state index contributed by atoms with van der Waals surface area (Å²) in [6, 6.07) is 0.713. The van der Waals surface area contributed by atoms with Crippen LogP contribution in [0.25, 0.3) is 0 Å². The molecule has 0 rings (SSSR count). The molecule has 0 amide bonds. The highest BCUT2D eigenvalue weighted by Crippen LogP contribution is 2.13. The summed E-state index contributed by atoms with van der Waals surface area (Å²) in [6.45, 7) is 6.60. The Balaban J connectivity index is 3.44. The number of nitrogens with one attached hydrogen (secondary N) is 1. The highest BCUT2D eigenvalue weighted by molar-refractivity contribution is 4.67. The first-order valence-electron chi connectivity index (χ1n) is 9.57. The van der Waals surface area contributed by atoms with E-state index in [1.807, 2.05) is 0 Å². The van der Waals surface area contributed by atoms with Crippen LogP contribution in [0.1, 0.15) is 97.3 Å². The van der Waals surface area contributed by atoms with Crippen molar-refractivity contribution in [3.63, 3.8) is 0 Å². The van der Waals surface area contributed by atoms with Gasteiger partial charge >= 0.3 is 0 Å². The molecule has 0 heterocycles. The minimum atomic E-state index is 0.713. The Morgan fingerprint density at radius 3 is 1.86 bits per heavy atom. The Morgan fingerprint density at radius 1 is 0.714 bits per heavy atom. The Labute approximate surface area is 134 Å². The van der Waals surface area contributed by atoms with Gasteiger partial charge < -0.3 is 10.1 Å².